The molecule has 0 unspecified atom stereocenters. The number of hydrogen-bond acceptors (Lipinski definition) is 3. The monoisotopic (exact) mass is 304 g/mol. The summed E-state index contributed by atoms with van der Waals surface area (Å²) >= 11 is 0. The second-order valence-corrected chi connectivity index (χ2v) is 6.77. The molecule has 4 nitrogen and oxygen atoms in total. The lowest BCUT2D eigenvalue weighted by Crippen LogP contribution is -2.14. The number of nitrogens with one attached hydrogen (secondary N) is 2. The number of aryl methyl sites for hydroxylation is 2. The average molecular weight is 304 g/mol. The number of hydrogen-bond donors (Lipinski definition) is 2. The normalized spacial score (nSPS) is 11.4. The van der Waals surface area contributed by atoms with E-state index < -0.39 is 10.0 Å². The van der Waals surface area contributed by atoms with Crippen LogP contribution in [0.3, 0.4) is 0 Å². The summed E-state index contributed by atoms with van der Waals surface area (Å²) in [6.45, 7) is 4.57. The Morgan fingerprint density at radius 1 is 1.00 bits per heavy atom. The van der Waals surface area contributed by atoms with Gasteiger partial charge in [0.1, 0.15) is 0 Å². The number of anilines is 1. The van der Waals surface area contributed by atoms with Gasteiger partial charge < -0.3 is 5.32 Å². The van der Waals surface area contributed by atoms with Gasteiger partial charge in [-0.05, 0) is 56.3 Å². The molecule has 0 aromatic heterocycles. The number of benzene rings is 2. The number of rotatable bonds is 5. The molecule has 2 N–H and O–H groups in total. The Balaban J connectivity index is 2.31. The van der Waals surface area contributed by atoms with Crippen molar-refractivity contribution in [2.24, 2.45) is 0 Å². The van der Waals surface area contributed by atoms with Crippen LogP contribution in [0.15, 0.2) is 47.4 Å². The molecule has 0 saturated heterocycles. The van der Waals surface area contributed by atoms with E-state index in [2.05, 4.69) is 10.0 Å². The van der Waals surface area contributed by atoms with Crippen molar-refractivity contribution < 1.29 is 8.42 Å². The molecular weight excluding hydrogens is 284 g/mol. The molecule has 0 spiro atoms. The molecule has 0 bridgehead atoms. The molecule has 5 heteroatoms. The lowest BCUT2D eigenvalue weighted by Gasteiger charge is -2.11. The third-order valence-corrected chi connectivity index (χ3v) is 4.68. The molecule has 2 aromatic rings. The van der Waals surface area contributed by atoms with Crippen molar-refractivity contribution >= 4 is 15.7 Å². The van der Waals surface area contributed by atoms with Crippen LogP contribution in [0.4, 0.5) is 5.69 Å². The summed E-state index contributed by atoms with van der Waals surface area (Å²) in [5, 5.41) is 3.04. The molecule has 0 aliphatic heterocycles. The smallest absolute Gasteiger partial charge is 0.261 e. The van der Waals surface area contributed by atoms with Gasteiger partial charge in [-0.15, -0.1) is 0 Å². The van der Waals surface area contributed by atoms with Gasteiger partial charge in [0.05, 0.1) is 4.90 Å². The zero-order valence-electron chi connectivity index (χ0n) is 12.5. The average Bonchev–Trinajstić information content (AvgIpc) is 2.43. The van der Waals surface area contributed by atoms with Crippen molar-refractivity contribution in [3.8, 4) is 0 Å². The molecule has 0 aliphatic carbocycles. The second kappa shape index (κ2) is 6.28. The van der Waals surface area contributed by atoms with Crippen LogP contribution in [0.2, 0.25) is 0 Å². The van der Waals surface area contributed by atoms with E-state index in [4.69, 9.17) is 0 Å². The molecule has 0 saturated carbocycles. The highest BCUT2D eigenvalue weighted by atomic mass is 32.2. The zero-order chi connectivity index (χ0) is 15.5. The van der Waals surface area contributed by atoms with Crippen molar-refractivity contribution in [1.29, 1.82) is 0 Å². The molecule has 0 heterocycles. The molecule has 112 valence electrons. The fraction of sp³-hybridized carbons (Fsp3) is 0.250. The van der Waals surface area contributed by atoms with Crippen molar-refractivity contribution in [1.82, 2.24) is 5.32 Å². The SMILES string of the molecule is CNCc1cc(S(=O)(=O)Nc2ccc(C)cc2)ccc1C. The standard InChI is InChI=1S/C16H20N2O2S/c1-12-4-7-15(8-5-12)18-21(19,20)16-9-6-13(2)14(10-16)11-17-3/h4-10,17-18H,11H2,1-3H3. The Bertz CT molecular complexity index is 722. The van der Waals surface area contributed by atoms with Crippen LogP contribution < -0.4 is 10.0 Å². The van der Waals surface area contributed by atoms with E-state index in [9.17, 15) is 8.42 Å². The van der Waals surface area contributed by atoms with E-state index in [1.807, 2.05) is 39.1 Å². The lowest BCUT2D eigenvalue weighted by molar-refractivity contribution is 0.601. The Kier molecular flexibility index (Phi) is 4.65. The molecular formula is C16H20N2O2S. The highest BCUT2D eigenvalue weighted by molar-refractivity contribution is 7.92. The molecule has 2 rings (SSSR count). The minimum atomic E-state index is -3.56. The summed E-state index contributed by atoms with van der Waals surface area (Å²) in [4.78, 5) is 0.277. The third-order valence-electron chi connectivity index (χ3n) is 3.30. The summed E-state index contributed by atoms with van der Waals surface area (Å²) in [5.41, 5.74) is 3.70. The van der Waals surface area contributed by atoms with Crippen molar-refractivity contribution in [2.45, 2.75) is 25.3 Å². The van der Waals surface area contributed by atoms with Gasteiger partial charge in [-0.25, -0.2) is 8.42 Å². The van der Waals surface area contributed by atoms with E-state index >= 15 is 0 Å². The van der Waals surface area contributed by atoms with E-state index in [1.165, 1.54) is 0 Å². The maximum Gasteiger partial charge on any atom is 0.261 e. The Morgan fingerprint density at radius 3 is 2.29 bits per heavy atom. The quantitative estimate of drug-likeness (QED) is 0.893. The highest BCUT2D eigenvalue weighted by Crippen LogP contribution is 2.19. The summed E-state index contributed by atoms with van der Waals surface area (Å²) in [7, 11) is -1.72. The van der Waals surface area contributed by atoms with Gasteiger partial charge in [-0.2, -0.15) is 0 Å². The van der Waals surface area contributed by atoms with Crippen molar-refractivity contribution in [2.75, 3.05) is 11.8 Å². The Hall–Kier alpha value is -1.85. The first-order chi connectivity index (χ1) is 9.92. The summed E-state index contributed by atoms with van der Waals surface area (Å²) in [6, 6.07) is 12.4. The van der Waals surface area contributed by atoms with Gasteiger partial charge in [0.25, 0.3) is 10.0 Å². The third kappa shape index (κ3) is 3.83. The number of sulfonamides is 1. The van der Waals surface area contributed by atoms with Gasteiger partial charge in [0, 0.05) is 12.2 Å². The Morgan fingerprint density at radius 2 is 1.67 bits per heavy atom. The van der Waals surface area contributed by atoms with E-state index in [1.54, 1.807) is 24.3 Å². The fourth-order valence-electron chi connectivity index (χ4n) is 2.03. The fourth-order valence-corrected chi connectivity index (χ4v) is 3.14. The van der Waals surface area contributed by atoms with E-state index in [-0.39, 0.29) is 4.90 Å². The first-order valence-electron chi connectivity index (χ1n) is 6.76. The van der Waals surface area contributed by atoms with Crippen LogP contribution in [0.25, 0.3) is 0 Å². The first kappa shape index (κ1) is 15.5. The van der Waals surface area contributed by atoms with Crippen LogP contribution in [0.5, 0.6) is 0 Å². The van der Waals surface area contributed by atoms with Gasteiger partial charge in [0.2, 0.25) is 0 Å². The second-order valence-electron chi connectivity index (χ2n) is 5.09. The van der Waals surface area contributed by atoms with Crippen LogP contribution in [0, 0.1) is 13.8 Å². The largest absolute Gasteiger partial charge is 0.316 e. The van der Waals surface area contributed by atoms with Crippen LogP contribution in [-0.2, 0) is 16.6 Å². The summed E-state index contributed by atoms with van der Waals surface area (Å²) in [6.07, 6.45) is 0. The minimum absolute atomic E-state index is 0.277. The molecule has 0 aliphatic rings. The van der Waals surface area contributed by atoms with Crippen LogP contribution >= 0.6 is 0 Å². The maximum atomic E-state index is 12.4. The van der Waals surface area contributed by atoms with E-state index in [0.717, 1.165) is 16.7 Å². The minimum Gasteiger partial charge on any atom is -0.316 e. The molecule has 2 aromatic carbocycles. The molecule has 0 amide bonds. The highest BCUT2D eigenvalue weighted by Gasteiger charge is 2.15. The van der Waals surface area contributed by atoms with Crippen molar-refractivity contribution in [3.63, 3.8) is 0 Å². The molecule has 0 radical (unpaired) electrons. The van der Waals surface area contributed by atoms with Crippen LogP contribution in [0.1, 0.15) is 16.7 Å². The molecule has 0 atom stereocenters. The molecule has 0 fully saturated rings. The lowest BCUT2D eigenvalue weighted by atomic mass is 10.1. The van der Waals surface area contributed by atoms with Crippen molar-refractivity contribution in [3.05, 3.63) is 59.2 Å². The topological polar surface area (TPSA) is 58.2 Å². The summed E-state index contributed by atoms with van der Waals surface area (Å²) < 4.78 is 27.4. The Labute approximate surface area is 126 Å². The van der Waals surface area contributed by atoms with Gasteiger partial charge >= 0.3 is 0 Å². The maximum absolute atomic E-state index is 12.4. The first-order valence-corrected chi connectivity index (χ1v) is 8.24. The zero-order valence-corrected chi connectivity index (χ0v) is 13.3. The van der Waals surface area contributed by atoms with Gasteiger partial charge in [0.15, 0.2) is 0 Å². The predicted molar refractivity (Wildman–Crippen MR) is 85.9 cm³/mol. The predicted octanol–water partition coefficient (Wildman–Crippen LogP) is 2.82. The molecule has 21 heavy (non-hydrogen) atoms. The summed E-state index contributed by atoms with van der Waals surface area (Å²) in [5.74, 6) is 0. The van der Waals surface area contributed by atoms with Gasteiger partial charge in [-0.3, -0.25) is 4.72 Å². The van der Waals surface area contributed by atoms with Gasteiger partial charge in [-0.1, -0.05) is 23.8 Å². The van der Waals surface area contributed by atoms with Crippen LogP contribution in [-0.4, -0.2) is 15.5 Å². The van der Waals surface area contributed by atoms with E-state index in [0.29, 0.717) is 12.2 Å².